The summed E-state index contributed by atoms with van der Waals surface area (Å²) in [5.74, 6) is -0.241. The van der Waals surface area contributed by atoms with Crippen LogP contribution in [0.5, 0.6) is 0 Å². The van der Waals surface area contributed by atoms with Gasteiger partial charge in [0.25, 0.3) is 5.91 Å². The van der Waals surface area contributed by atoms with Crippen LogP contribution in [0.15, 0.2) is 55.1 Å². The van der Waals surface area contributed by atoms with E-state index in [1.165, 1.54) is 10.4 Å². The number of nitrogens with one attached hydrogen (secondary N) is 1. The number of anilines is 2. The number of rotatable bonds is 6. The molecule has 0 fully saturated rings. The Morgan fingerprint density at radius 2 is 1.80 bits per heavy atom. The second kappa shape index (κ2) is 7.53. The minimum absolute atomic E-state index is 0.173. The first-order valence-electron chi connectivity index (χ1n) is 7.79. The molecule has 0 saturated heterocycles. The summed E-state index contributed by atoms with van der Waals surface area (Å²) in [5.41, 5.74) is 3.75. The number of nitrogens with zero attached hydrogens (tertiary/aromatic N) is 1. The van der Waals surface area contributed by atoms with E-state index in [1.807, 2.05) is 32.0 Å². The minimum Gasteiger partial charge on any atom is -0.322 e. The molecule has 0 radical (unpaired) electrons. The summed E-state index contributed by atoms with van der Waals surface area (Å²) >= 11 is 0. The van der Waals surface area contributed by atoms with Crippen LogP contribution in [0.4, 0.5) is 11.4 Å². The van der Waals surface area contributed by atoms with Gasteiger partial charge in [-0.25, -0.2) is 8.42 Å². The Morgan fingerprint density at radius 3 is 2.36 bits per heavy atom. The molecule has 2 aromatic carbocycles. The first-order chi connectivity index (χ1) is 11.7. The molecule has 5 nitrogen and oxygen atoms in total. The van der Waals surface area contributed by atoms with Crippen LogP contribution >= 0.6 is 0 Å². The molecule has 2 aromatic rings. The average molecular weight is 358 g/mol. The predicted octanol–water partition coefficient (Wildman–Crippen LogP) is 3.51. The average Bonchev–Trinajstić information content (AvgIpc) is 2.55. The number of hydrogen-bond donors (Lipinski definition) is 1. The Kier molecular flexibility index (Phi) is 5.64. The van der Waals surface area contributed by atoms with Gasteiger partial charge in [-0.1, -0.05) is 18.2 Å². The lowest BCUT2D eigenvalue weighted by Crippen LogP contribution is -2.29. The van der Waals surface area contributed by atoms with Crippen molar-refractivity contribution in [3.63, 3.8) is 0 Å². The molecule has 0 aliphatic rings. The van der Waals surface area contributed by atoms with E-state index in [0.29, 0.717) is 11.3 Å². The summed E-state index contributed by atoms with van der Waals surface area (Å²) in [6.07, 6.45) is 2.65. The van der Waals surface area contributed by atoms with Gasteiger partial charge >= 0.3 is 0 Å². The third-order valence-corrected chi connectivity index (χ3v) is 4.91. The number of sulfonamides is 1. The fourth-order valence-electron chi connectivity index (χ4n) is 2.39. The SMILES string of the molecule is C=CCN(c1ccc(C(=O)Nc2cc(C)ccc2C)cc1)S(C)(=O)=O. The fraction of sp³-hybridized carbons (Fsp3) is 0.211. The molecule has 0 atom stereocenters. The van der Waals surface area contributed by atoms with Crippen molar-refractivity contribution in [2.75, 3.05) is 22.4 Å². The molecule has 2 rings (SSSR count). The third-order valence-electron chi connectivity index (χ3n) is 3.75. The van der Waals surface area contributed by atoms with Crippen LogP contribution in [0, 0.1) is 13.8 Å². The zero-order chi connectivity index (χ0) is 18.6. The van der Waals surface area contributed by atoms with Crippen molar-refractivity contribution >= 4 is 27.3 Å². The molecule has 0 aliphatic carbocycles. The topological polar surface area (TPSA) is 66.5 Å². The Morgan fingerprint density at radius 1 is 1.16 bits per heavy atom. The lowest BCUT2D eigenvalue weighted by atomic mass is 10.1. The highest BCUT2D eigenvalue weighted by molar-refractivity contribution is 7.92. The van der Waals surface area contributed by atoms with E-state index < -0.39 is 10.0 Å². The van der Waals surface area contributed by atoms with Crippen molar-refractivity contribution in [2.45, 2.75) is 13.8 Å². The predicted molar refractivity (Wildman–Crippen MR) is 103 cm³/mol. The summed E-state index contributed by atoms with van der Waals surface area (Å²) in [7, 11) is -3.41. The van der Waals surface area contributed by atoms with Crippen LogP contribution in [-0.4, -0.2) is 27.1 Å². The molecule has 0 spiro atoms. The number of carbonyl (C=O) groups excluding carboxylic acids is 1. The number of aryl methyl sites for hydroxylation is 2. The van der Waals surface area contributed by atoms with Crippen molar-refractivity contribution in [3.05, 3.63) is 71.8 Å². The fourth-order valence-corrected chi connectivity index (χ4v) is 3.27. The van der Waals surface area contributed by atoms with E-state index in [0.717, 1.165) is 23.1 Å². The van der Waals surface area contributed by atoms with Gasteiger partial charge in [0, 0.05) is 11.3 Å². The normalized spacial score (nSPS) is 11.0. The maximum absolute atomic E-state index is 12.4. The Hall–Kier alpha value is -2.60. The monoisotopic (exact) mass is 358 g/mol. The molecule has 25 heavy (non-hydrogen) atoms. The highest BCUT2D eigenvalue weighted by atomic mass is 32.2. The van der Waals surface area contributed by atoms with Gasteiger partial charge in [0.05, 0.1) is 18.5 Å². The van der Waals surface area contributed by atoms with Gasteiger partial charge in [0.15, 0.2) is 0 Å². The molecule has 1 amide bonds. The van der Waals surface area contributed by atoms with Gasteiger partial charge in [0.1, 0.15) is 0 Å². The summed E-state index contributed by atoms with van der Waals surface area (Å²) < 4.78 is 24.9. The molecule has 6 heteroatoms. The summed E-state index contributed by atoms with van der Waals surface area (Å²) in [6.45, 7) is 7.64. The van der Waals surface area contributed by atoms with Gasteiger partial charge in [-0.2, -0.15) is 0 Å². The Labute approximate surface area is 149 Å². The molecule has 0 aromatic heterocycles. The quantitative estimate of drug-likeness (QED) is 0.804. The highest BCUT2D eigenvalue weighted by Crippen LogP contribution is 2.20. The van der Waals surface area contributed by atoms with Crippen LogP contribution in [0.25, 0.3) is 0 Å². The van der Waals surface area contributed by atoms with Crippen LogP contribution in [0.3, 0.4) is 0 Å². The lowest BCUT2D eigenvalue weighted by molar-refractivity contribution is 0.102. The first kappa shape index (κ1) is 18.7. The number of benzene rings is 2. The first-order valence-corrected chi connectivity index (χ1v) is 9.64. The van der Waals surface area contributed by atoms with Crippen molar-refractivity contribution in [3.8, 4) is 0 Å². The minimum atomic E-state index is -3.41. The van der Waals surface area contributed by atoms with Crippen molar-refractivity contribution in [1.29, 1.82) is 0 Å². The molecule has 0 heterocycles. The Balaban J connectivity index is 2.22. The summed E-state index contributed by atoms with van der Waals surface area (Å²) in [4.78, 5) is 12.4. The zero-order valence-electron chi connectivity index (χ0n) is 14.6. The van der Waals surface area contributed by atoms with Crippen molar-refractivity contribution < 1.29 is 13.2 Å². The molecular weight excluding hydrogens is 336 g/mol. The second-order valence-electron chi connectivity index (χ2n) is 5.90. The van der Waals surface area contributed by atoms with E-state index in [2.05, 4.69) is 11.9 Å². The van der Waals surface area contributed by atoms with Crippen LogP contribution in [0.1, 0.15) is 21.5 Å². The summed E-state index contributed by atoms with van der Waals surface area (Å²) in [5, 5.41) is 2.88. The number of amides is 1. The number of carbonyl (C=O) groups is 1. The maximum atomic E-state index is 12.4. The van der Waals surface area contributed by atoms with Crippen molar-refractivity contribution in [2.24, 2.45) is 0 Å². The second-order valence-corrected chi connectivity index (χ2v) is 7.81. The molecule has 0 saturated carbocycles. The molecule has 0 aliphatic heterocycles. The molecule has 0 unspecified atom stereocenters. The third kappa shape index (κ3) is 4.70. The molecule has 132 valence electrons. The van der Waals surface area contributed by atoms with Gasteiger partial charge in [-0.05, 0) is 55.3 Å². The van der Waals surface area contributed by atoms with E-state index in [-0.39, 0.29) is 12.5 Å². The smallest absolute Gasteiger partial charge is 0.255 e. The largest absolute Gasteiger partial charge is 0.322 e. The highest BCUT2D eigenvalue weighted by Gasteiger charge is 2.16. The van der Waals surface area contributed by atoms with Crippen molar-refractivity contribution in [1.82, 2.24) is 0 Å². The van der Waals surface area contributed by atoms with Gasteiger partial charge in [-0.3, -0.25) is 9.10 Å². The zero-order valence-corrected chi connectivity index (χ0v) is 15.4. The number of hydrogen-bond acceptors (Lipinski definition) is 3. The van der Waals surface area contributed by atoms with Crippen LogP contribution in [0.2, 0.25) is 0 Å². The van der Waals surface area contributed by atoms with E-state index in [9.17, 15) is 13.2 Å². The maximum Gasteiger partial charge on any atom is 0.255 e. The van der Waals surface area contributed by atoms with Crippen LogP contribution in [-0.2, 0) is 10.0 Å². The summed E-state index contributed by atoms with van der Waals surface area (Å²) in [6, 6.07) is 12.3. The van der Waals surface area contributed by atoms with E-state index in [1.54, 1.807) is 24.3 Å². The van der Waals surface area contributed by atoms with E-state index in [4.69, 9.17) is 0 Å². The molecular formula is C19H22N2O3S. The van der Waals surface area contributed by atoms with Gasteiger partial charge < -0.3 is 5.32 Å². The van der Waals surface area contributed by atoms with E-state index >= 15 is 0 Å². The van der Waals surface area contributed by atoms with Gasteiger partial charge in [0.2, 0.25) is 10.0 Å². The molecule has 1 N–H and O–H groups in total. The molecule has 0 bridgehead atoms. The standard InChI is InChI=1S/C19H22N2O3S/c1-5-12-21(25(4,23)24)17-10-8-16(9-11-17)19(22)20-18-13-14(2)6-7-15(18)3/h5-11,13H,1,12H2,2-4H3,(H,20,22). The van der Waals surface area contributed by atoms with Crippen LogP contribution < -0.4 is 9.62 Å². The van der Waals surface area contributed by atoms with Gasteiger partial charge in [-0.15, -0.1) is 6.58 Å². The Bertz CT molecular complexity index is 887. The lowest BCUT2D eigenvalue weighted by Gasteiger charge is -2.20.